The second-order valence-electron chi connectivity index (χ2n) is 3.55. The number of hydrogen-bond donors (Lipinski definition) is 5. The van der Waals surface area contributed by atoms with E-state index in [4.69, 9.17) is 10.2 Å². The maximum atomic E-state index is 11.5. The summed E-state index contributed by atoms with van der Waals surface area (Å²) < 4.78 is 4.63. The highest BCUT2D eigenvalue weighted by Gasteiger charge is 2.34. The molecule has 1 heterocycles. The van der Waals surface area contributed by atoms with Crippen LogP contribution < -0.4 is 0 Å². The smallest absolute Gasteiger partial charge is 0.197 e. The fourth-order valence-corrected chi connectivity index (χ4v) is 1.25. The molecule has 4 atom stereocenters. The average molecular weight is 246 g/mol. The zero-order chi connectivity index (χ0) is 13.0. The van der Waals surface area contributed by atoms with Crippen molar-refractivity contribution >= 4 is 5.78 Å². The topological polar surface area (TPSA) is 131 Å². The third-order valence-electron chi connectivity index (χ3n) is 2.33. The number of Topliss-reactive ketones (excluding diaryl/α,β-unsaturated/α-hetero) is 1. The normalized spacial score (nSPS) is 18.4. The fourth-order valence-electron chi connectivity index (χ4n) is 1.25. The third kappa shape index (κ3) is 3.11. The summed E-state index contributed by atoms with van der Waals surface area (Å²) in [6.07, 6.45) is -5.00. The van der Waals surface area contributed by atoms with Gasteiger partial charge in [0.15, 0.2) is 5.78 Å². The van der Waals surface area contributed by atoms with Gasteiger partial charge in [-0.25, -0.2) is 0 Å². The molecule has 0 aliphatic heterocycles. The first-order valence-corrected chi connectivity index (χ1v) is 4.88. The van der Waals surface area contributed by atoms with Crippen LogP contribution in [-0.4, -0.2) is 62.3 Å². The summed E-state index contributed by atoms with van der Waals surface area (Å²) >= 11 is 0. The lowest BCUT2D eigenvalue weighted by atomic mass is 9.98. The molecule has 0 aliphatic carbocycles. The van der Waals surface area contributed by atoms with Crippen molar-refractivity contribution in [1.82, 2.24) is 0 Å². The van der Waals surface area contributed by atoms with Crippen molar-refractivity contribution in [3.63, 3.8) is 0 Å². The van der Waals surface area contributed by atoms with E-state index in [1.165, 1.54) is 12.3 Å². The van der Waals surface area contributed by atoms with Gasteiger partial charge < -0.3 is 29.9 Å². The largest absolute Gasteiger partial charge is 0.472 e. The Labute approximate surface area is 96.5 Å². The minimum atomic E-state index is -1.91. The van der Waals surface area contributed by atoms with Crippen LogP contribution in [0.2, 0.25) is 0 Å². The molecule has 0 radical (unpaired) electrons. The number of aliphatic hydroxyl groups is 5. The maximum Gasteiger partial charge on any atom is 0.197 e. The molecule has 0 bridgehead atoms. The van der Waals surface area contributed by atoms with Crippen LogP contribution in [0.1, 0.15) is 10.4 Å². The molecule has 17 heavy (non-hydrogen) atoms. The number of carbonyl (C=O) groups is 1. The molecule has 0 fully saturated rings. The number of hydrogen-bond acceptors (Lipinski definition) is 7. The molecule has 5 N–H and O–H groups in total. The lowest BCUT2D eigenvalue weighted by Crippen LogP contribution is -2.48. The Morgan fingerprint density at radius 3 is 2.35 bits per heavy atom. The highest BCUT2D eigenvalue weighted by Crippen LogP contribution is 2.11. The number of ketones is 1. The van der Waals surface area contributed by atoms with Gasteiger partial charge in [-0.1, -0.05) is 0 Å². The van der Waals surface area contributed by atoms with Crippen LogP contribution in [0.25, 0.3) is 0 Å². The van der Waals surface area contributed by atoms with Gasteiger partial charge >= 0.3 is 0 Å². The summed E-state index contributed by atoms with van der Waals surface area (Å²) in [5.41, 5.74) is 0.0299. The second kappa shape index (κ2) is 5.89. The summed E-state index contributed by atoms with van der Waals surface area (Å²) in [5.74, 6) is -0.851. The van der Waals surface area contributed by atoms with Gasteiger partial charge in [0.05, 0.1) is 18.4 Å². The molecule has 0 unspecified atom stereocenters. The molecule has 7 nitrogen and oxygen atoms in total. The fraction of sp³-hybridized carbons (Fsp3) is 0.500. The van der Waals surface area contributed by atoms with Crippen LogP contribution in [0.4, 0.5) is 0 Å². The van der Waals surface area contributed by atoms with Crippen LogP contribution in [0.15, 0.2) is 23.0 Å². The SMILES string of the molecule is O=C(c1ccoc1)[C@H](O)[C@@H](O)[C@H](O)[C@H](O)CO. The van der Waals surface area contributed by atoms with E-state index in [0.717, 1.165) is 6.26 Å². The lowest BCUT2D eigenvalue weighted by Gasteiger charge is -2.24. The first-order valence-electron chi connectivity index (χ1n) is 4.88. The van der Waals surface area contributed by atoms with Gasteiger partial charge in [-0.3, -0.25) is 4.79 Å². The standard InChI is InChI=1S/C10H14O7/c11-3-6(12)8(14)10(16)9(15)7(13)5-1-2-17-4-5/h1-2,4,6,8-12,14-16H,3H2/t6-,8-,9+,10+/m1/s1. The Morgan fingerprint density at radius 2 is 1.88 bits per heavy atom. The molecular weight excluding hydrogens is 232 g/mol. The quantitative estimate of drug-likeness (QED) is 0.363. The first kappa shape index (κ1) is 13.8. The summed E-state index contributed by atoms with van der Waals surface area (Å²) in [6, 6.07) is 1.28. The van der Waals surface area contributed by atoms with Gasteiger partial charge in [0.1, 0.15) is 30.7 Å². The van der Waals surface area contributed by atoms with Crippen molar-refractivity contribution in [2.45, 2.75) is 24.4 Å². The van der Waals surface area contributed by atoms with Crippen molar-refractivity contribution in [2.75, 3.05) is 6.61 Å². The van der Waals surface area contributed by atoms with Gasteiger partial charge in [-0.15, -0.1) is 0 Å². The van der Waals surface area contributed by atoms with E-state index in [-0.39, 0.29) is 5.56 Å². The number of furan rings is 1. The molecule has 0 saturated carbocycles. The summed E-state index contributed by atoms with van der Waals surface area (Å²) in [6.45, 7) is -0.801. The van der Waals surface area contributed by atoms with E-state index >= 15 is 0 Å². The molecule has 1 rings (SSSR count). The molecule has 0 spiro atoms. The van der Waals surface area contributed by atoms with Crippen LogP contribution in [0.5, 0.6) is 0 Å². The first-order chi connectivity index (χ1) is 7.99. The molecule has 1 aromatic rings. The van der Waals surface area contributed by atoms with Crippen LogP contribution >= 0.6 is 0 Å². The minimum absolute atomic E-state index is 0.0299. The summed E-state index contributed by atoms with van der Waals surface area (Å²) in [5, 5.41) is 45.8. The highest BCUT2D eigenvalue weighted by atomic mass is 16.4. The Bertz CT molecular complexity index is 348. The summed E-state index contributed by atoms with van der Waals surface area (Å²) in [7, 11) is 0. The van der Waals surface area contributed by atoms with Gasteiger partial charge in [0, 0.05) is 0 Å². The van der Waals surface area contributed by atoms with E-state index < -0.39 is 36.8 Å². The van der Waals surface area contributed by atoms with Gasteiger partial charge in [-0.2, -0.15) is 0 Å². The van der Waals surface area contributed by atoms with Crippen molar-refractivity contribution in [3.8, 4) is 0 Å². The molecule has 0 saturated heterocycles. The van der Waals surface area contributed by atoms with Gasteiger partial charge in [0.25, 0.3) is 0 Å². The van der Waals surface area contributed by atoms with Crippen LogP contribution in [0, 0.1) is 0 Å². The number of rotatable bonds is 6. The van der Waals surface area contributed by atoms with Crippen molar-refractivity contribution in [2.24, 2.45) is 0 Å². The molecule has 0 aliphatic rings. The Morgan fingerprint density at radius 1 is 1.24 bits per heavy atom. The van der Waals surface area contributed by atoms with E-state index in [9.17, 15) is 20.1 Å². The van der Waals surface area contributed by atoms with Crippen LogP contribution in [-0.2, 0) is 0 Å². The molecular formula is C10H14O7. The van der Waals surface area contributed by atoms with E-state index in [1.54, 1.807) is 0 Å². The molecule has 96 valence electrons. The predicted octanol–water partition coefficient (Wildman–Crippen LogP) is -2.10. The molecule has 1 aromatic heterocycles. The van der Waals surface area contributed by atoms with E-state index in [0.29, 0.717) is 0 Å². The van der Waals surface area contributed by atoms with Crippen molar-refractivity contribution < 1.29 is 34.7 Å². The maximum absolute atomic E-state index is 11.5. The summed E-state index contributed by atoms with van der Waals surface area (Å²) in [4.78, 5) is 11.5. The zero-order valence-electron chi connectivity index (χ0n) is 8.80. The Balaban J connectivity index is 2.69. The van der Waals surface area contributed by atoms with E-state index in [2.05, 4.69) is 4.42 Å². The third-order valence-corrected chi connectivity index (χ3v) is 2.33. The van der Waals surface area contributed by atoms with Gasteiger partial charge in [0.2, 0.25) is 0 Å². The Kier molecular flexibility index (Phi) is 4.79. The zero-order valence-corrected chi connectivity index (χ0v) is 8.80. The van der Waals surface area contributed by atoms with Crippen molar-refractivity contribution in [1.29, 1.82) is 0 Å². The van der Waals surface area contributed by atoms with E-state index in [1.807, 2.05) is 0 Å². The molecule has 0 amide bonds. The monoisotopic (exact) mass is 246 g/mol. The second-order valence-corrected chi connectivity index (χ2v) is 3.55. The number of aliphatic hydroxyl groups excluding tert-OH is 5. The molecule has 0 aromatic carbocycles. The van der Waals surface area contributed by atoms with Crippen LogP contribution in [0.3, 0.4) is 0 Å². The highest BCUT2D eigenvalue weighted by molar-refractivity contribution is 5.99. The predicted molar refractivity (Wildman–Crippen MR) is 54.2 cm³/mol. The lowest BCUT2D eigenvalue weighted by molar-refractivity contribution is -0.105. The van der Waals surface area contributed by atoms with Gasteiger partial charge in [-0.05, 0) is 6.07 Å². The van der Waals surface area contributed by atoms with Crippen molar-refractivity contribution in [3.05, 3.63) is 24.2 Å². The molecule has 7 heteroatoms. The average Bonchev–Trinajstić information content (AvgIpc) is 2.87. The minimum Gasteiger partial charge on any atom is -0.472 e. The number of carbonyl (C=O) groups excluding carboxylic acids is 1. The Hall–Kier alpha value is -1.25.